The van der Waals surface area contributed by atoms with Crippen molar-refractivity contribution >= 4 is 17.9 Å². The number of unbranched alkanes of at least 4 members (excludes halogenated alkanes) is 32. The first kappa shape index (κ1) is 58.4. The molecule has 0 amide bonds. The minimum atomic E-state index is -0.762. The van der Waals surface area contributed by atoms with Crippen molar-refractivity contribution in [1.29, 1.82) is 0 Å². The summed E-state index contributed by atoms with van der Waals surface area (Å²) >= 11 is 0. The summed E-state index contributed by atoms with van der Waals surface area (Å²) in [5.41, 5.74) is 0. The van der Waals surface area contributed by atoms with Crippen molar-refractivity contribution < 1.29 is 28.6 Å². The van der Waals surface area contributed by atoms with Crippen LogP contribution in [0.5, 0.6) is 0 Å². The summed E-state index contributed by atoms with van der Waals surface area (Å²) in [5.74, 6) is 0.833. The third kappa shape index (κ3) is 45.9. The normalized spacial score (nSPS) is 12.5. The van der Waals surface area contributed by atoms with Crippen LogP contribution < -0.4 is 0 Å². The number of carbonyl (C=O) groups is 3. The van der Waals surface area contributed by atoms with Crippen LogP contribution in [0.3, 0.4) is 0 Å². The highest BCUT2D eigenvalue weighted by molar-refractivity contribution is 5.71. The lowest BCUT2D eigenvalue weighted by Gasteiger charge is -2.18. The number of rotatable bonds is 48. The summed E-state index contributed by atoms with van der Waals surface area (Å²) in [5, 5.41) is 0. The number of esters is 3. The minimum absolute atomic E-state index is 0.0636. The Bertz CT molecular complexity index is 918. The topological polar surface area (TPSA) is 78.9 Å². The quantitative estimate of drug-likeness (QED) is 0.0345. The lowest BCUT2D eigenvalue weighted by molar-refractivity contribution is -0.167. The van der Waals surface area contributed by atoms with Gasteiger partial charge in [0.2, 0.25) is 0 Å². The molecule has 6 heteroatoms. The van der Waals surface area contributed by atoms with Gasteiger partial charge >= 0.3 is 17.9 Å². The van der Waals surface area contributed by atoms with Crippen molar-refractivity contribution in [3.63, 3.8) is 0 Å². The van der Waals surface area contributed by atoms with E-state index in [1.54, 1.807) is 0 Å². The van der Waals surface area contributed by atoms with Gasteiger partial charge in [0.25, 0.3) is 0 Å². The van der Waals surface area contributed by atoms with E-state index in [2.05, 4.69) is 34.6 Å². The third-order valence-electron chi connectivity index (χ3n) is 12.6. The zero-order valence-electron chi connectivity index (χ0n) is 41.1. The van der Waals surface area contributed by atoms with Gasteiger partial charge in [-0.25, -0.2) is 0 Å². The molecule has 0 saturated heterocycles. The predicted molar refractivity (Wildman–Crippen MR) is 256 cm³/mol. The summed E-state index contributed by atoms with van der Waals surface area (Å²) in [6.45, 7) is 11.4. The van der Waals surface area contributed by atoms with E-state index in [9.17, 15) is 14.4 Å². The molecule has 1 unspecified atom stereocenters. The van der Waals surface area contributed by atoms with Crippen LogP contribution in [0, 0.1) is 11.8 Å². The van der Waals surface area contributed by atoms with Crippen LogP contribution in [0.25, 0.3) is 0 Å². The van der Waals surface area contributed by atoms with E-state index >= 15 is 0 Å². The number of hydrogen-bond donors (Lipinski definition) is 0. The van der Waals surface area contributed by atoms with Crippen LogP contribution in [0.2, 0.25) is 0 Å². The molecule has 0 radical (unpaired) electrons. The molecule has 60 heavy (non-hydrogen) atoms. The molecule has 0 aromatic heterocycles. The maximum absolute atomic E-state index is 12.8. The maximum atomic E-state index is 12.8. The van der Waals surface area contributed by atoms with Gasteiger partial charge in [-0.3, -0.25) is 14.4 Å². The second kappa shape index (κ2) is 46.9. The standard InChI is InChI=1S/C54H104O6/c1-6-8-9-10-11-12-13-14-15-16-20-23-29-34-39-44-52(55)58-47-51(48-59-53(56)45-40-35-30-26-25-28-33-38-43-50(5)7-2)60-54(57)46-41-36-31-24-21-18-17-19-22-27-32-37-42-49(3)4/h49-51H,6-48H2,1-5H3/t50?,51-/m1/s1. The molecular formula is C54H104O6. The van der Waals surface area contributed by atoms with E-state index in [1.165, 1.54) is 186 Å². The first-order valence-corrected chi connectivity index (χ1v) is 26.8. The molecule has 356 valence electrons. The highest BCUT2D eigenvalue weighted by atomic mass is 16.6. The average Bonchev–Trinajstić information content (AvgIpc) is 3.23. The molecule has 0 bridgehead atoms. The predicted octanol–water partition coefficient (Wildman–Crippen LogP) is 17.3. The largest absolute Gasteiger partial charge is 0.462 e. The summed E-state index contributed by atoms with van der Waals surface area (Å²) in [4.78, 5) is 38.0. The van der Waals surface area contributed by atoms with Gasteiger partial charge in [0, 0.05) is 19.3 Å². The van der Waals surface area contributed by atoms with Crippen LogP contribution in [-0.2, 0) is 28.6 Å². The van der Waals surface area contributed by atoms with Crippen LogP contribution in [0.4, 0.5) is 0 Å². The van der Waals surface area contributed by atoms with Gasteiger partial charge in [-0.15, -0.1) is 0 Å². The SMILES string of the molecule is CCCCCCCCCCCCCCCCCC(=O)OC[C@H](COC(=O)CCCCCCCCCCC(C)CC)OC(=O)CCCCCCCCCCCCCCC(C)C. The second-order valence-corrected chi connectivity index (χ2v) is 19.2. The van der Waals surface area contributed by atoms with Gasteiger partial charge in [-0.2, -0.15) is 0 Å². The molecular weight excluding hydrogens is 745 g/mol. The summed E-state index contributed by atoms with van der Waals surface area (Å²) in [7, 11) is 0. The van der Waals surface area contributed by atoms with Crippen LogP contribution in [-0.4, -0.2) is 37.2 Å². The zero-order chi connectivity index (χ0) is 44.0. The van der Waals surface area contributed by atoms with E-state index in [-0.39, 0.29) is 31.1 Å². The zero-order valence-corrected chi connectivity index (χ0v) is 41.1. The highest BCUT2D eigenvalue weighted by Crippen LogP contribution is 2.18. The molecule has 0 fully saturated rings. The van der Waals surface area contributed by atoms with Gasteiger partial charge in [-0.05, 0) is 31.1 Å². The molecule has 0 aliphatic carbocycles. The Balaban J connectivity index is 4.32. The Morgan fingerprint density at radius 3 is 0.950 bits per heavy atom. The second-order valence-electron chi connectivity index (χ2n) is 19.2. The molecule has 2 atom stereocenters. The van der Waals surface area contributed by atoms with Gasteiger partial charge in [0.1, 0.15) is 13.2 Å². The van der Waals surface area contributed by atoms with Crippen molar-refractivity contribution in [3.8, 4) is 0 Å². The van der Waals surface area contributed by atoms with Crippen LogP contribution >= 0.6 is 0 Å². The summed E-state index contributed by atoms with van der Waals surface area (Å²) in [6.07, 6.45) is 48.0. The molecule has 0 aliphatic rings. The van der Waals surface area contributed by atoms with E-state index in [1.807, 2.05) is 0 Å². The van der Waals surface area contributed by atoms with Crippen LogP contribution in [0.15, 0.2) is 0 Å². The molecule has 0 rings (SSSR count). The molecule has 0 saturated carbocycles. The molecule has 0 N–H and O–H groups in total. The van der Waals surface area contributed by atoms with Crippen molar-refractivity contribution in [3.05, 3.63) is 0 Å². The van der Waals surface area contributed by atoms with E-state index < -0.39 is 6.10 Å². The fourth-order valence-electron chi connectivity index (χ4n) is 8.13. The van der Waals surface area contributed by atoms with Crippen LogP contribution in [0.1, 0.15) is 298 Å². The molecule has 0 aliphatic heterocycles. The Hall–Kier alpha value is -1.59. The van der Waals surface area contributed by atoms with Gasteiger partial charge < -0.3 is 14.2 Å². The molecule has 6 nitrogen and oxygen atoms in total. The number of ether oxygens (including phenoxy) is 3. The van der Waals surface area contributed by atoms with Crippen molar-refractivity contribution in [2.24, 2.45) is 11.8 Å². The molecule has 0 aromatic carbocycles. The maximum Gasteiger partial charge on any atom is 0.306 e. The first-order valence-electron chi connectivity index (χ1n) is 26.8. The lowest BCUT2D eigenvalue weighted by atomic mass is 9.99. The number of carbonyl (C=O) groups excluding carboxylic acids is 3. The van der Waals surface area contributed by atoms with Crippen molar-refractivity contribution in [2.45, 2.75) is 304 Å². The lowest BCUT2D eigenvalue weighted by Crippen LogP contribution is -2.30. The fourth-order valence-corrected chi connectivity index (χ4v) is 8.13. The fraction of sp³-hybridized carbons (Fsp3) is 0.944. The number of hydrogen-bond acceptors (Lipinski definition) is 6. The Morgan fingerprint density at radius 1 is 0.350 bits per heavy atom. The first-order chi connectivity index (χ1) is 29.3. The average molecular weight is 849 g/mol. The highest BCUT2D eigenvalue weighted by Gasteiger charge is 2.19. The van der Waals surface area contributed by atoms with Crippen molar-refractivity contribution in [1.82, 2.24) is 0 Å². The van der Waals surface area contributed by atoms with Crippen molar-refractivity contribution in [2.75, 3.05) is 13.2 Å². The molecule has 0 spiro atoms. The Kier molecular flexibility index (Phi) is 45.7. The van der Waals surface area contributed by atoms with E-state index in [4.69, 9.17) is 14.2 Å². The Morgan fingerprint density at radius 2 is 0.633 bits per heavy atom. The van der Waals surface area contributed by atoms with Gasteiger partial charge in [0.05, 0.1) is 0 Å². The monoisotopic (exact) mass is 849 g/mol. The smallest absolute Gasteiger partial charge is 0.306 e. The minimum Gasteiger partial charge on any atom is -0.462 e. The van der Waals surface area contributed by atoms with Gasteiger partial charge in [0.15, 0.2) is 6.10 Å². The Labute approximate surface area is 374 Å². The van der Waals surface area contributed by atoms with E-state index in [0.717, 1.165) is 69.6 Å². The van der Waals surface area contributed by atoms with Gasteiger partial charge in [-0.1, -0.05) is 259 Å². The molecule has 0 heterocycles. The third-order valence-corrected chi connectivity index (χ3v) is 12.6. The summed E-state index contributed by atoms with van der Waals surface area (Å²) in [6, 6.07) is 0. The van der Waals surface area contributed by atoms with E-state index in [0.29, 0.717) is 19.3 Å². The summed E-state index contributed by atoms with van der Waals surface area (Å²) < 4.78 is 16.8. The molecule has 0 aromatic rings.